The second-order valence-corrected chi connectivity index (χ2v) is 9.70. The number of hydrogen-bond donors (Lipinski definition) is 1. The van der Waals surface area contributed by atoms with E-state index >= 15 is 0 Å². The topological polar surface area (TPSA) is 65.5 Å². The van der Waals surface area contributed by atoms with E-state index in [1.54, 1.807) is 46.8 Å². The van der Waals surface area contributed by atoms with Crippen LogP contribution in [0, 0.1) is 0 Å². The van der Waals surface area contributed by atoms with Crippen molar-refractivity contribution in [2.24, 2.45) is 0 Å². The Kier molecular flexibility index (Phi) is 6.33. The number of nitrogens with zero attached hydrogens (tertiary/aromatic N) is 3. The van der Waals surface area contributed by atoms with Crippen LogP contribution in [0.25, 0.3) is 11.1 Å². The number of aromatic nitrogens is 1. The molecule has 2 aromatic carbocycles. The Labute approximate surface area is 204 Å². The maximum Gasteiger partial charge on any atom is 0.416 e. The lowest BCUT2D eigenvalue weighted by atomic mass is 10.00. The van der Waals surface area contributed by atoms with Gasteiger partial charge in [-0.2, -0.15) is 13.2 Å². The van der Waals surface area contributed by atoms with Crippen molar-refractivity contribution in [3.05, 3.63) is 76.2 Å². The zero-order chi connectivity index (χ0) is 24.6. The van der Waals surface area contributed by atoms with Crippen molar-refractivity contribution in [3.63, 3.8) is 0 Å². The van der Waals surface area contributed by atoms with Crippen LogP contribution in [0.5, 0.6) is 0 Å². The number of halogens is 3. The number of alkyl halides is 3. The standard InChI is InChI=1S/C25H23F3N4O2S/c26-25(27,28)19-3-1-2-18(12-19)16-4-6-17(7-5-16)23(33)32-14-21(15-32)30-20-8-10-31(13-20)24(34)22-29-9-11-35-22/h1-7,9,11-12,20-21,30H,8,10,13-15H2/t20-/m0/s1. The third kappa shape index (κ3) is 5.08. The number of likely N-dealkylation sites (tertiary alicyclic amines) is 2. The molecule has 2 saturated heterocycles. The van der Waals surface area contributed by atoms with Crippen molar-refractivity contribution in [2.45, 2.75) is 24.7 Å². The second kappa shape index (κ2) is 9.43. The summed E-state index contributed by atoms with van der Waals surface area (Å²) in [5.74, 6) is -0.145. The van der Waals surface area contributed by atoms with Crippen molar-refractivity contribution < 1.29 is 22.8 Å². The van der Waals surface area contributed by atoms with Crippen LogP contribution in [-0.2, 0) is 6.18 Å². The van der Waals surface area contributed by atoms with Crippen molar-refractivity contribution in [2.75, 3.05) is 26.2 Å². The van der Waals surface area contributed by atoms with Gasteiger partial charge >= 0.3 is 6.18 Å². The average Bonchev–Trinajstić information content (AvgIpc) is 3.53. The Hall–Kier alpha value is -3.24. The highest BCUT2D eigenvalue weighted by Crippen LogP contribution is 2.32. The van der Waals surface area contributed by atoms with Crippen LogP contribution in [0.1, 0.15) is 32.1 Å². The van der Waals surface area contributed by atoms with E-state index < -0.39 is 11.7 Å². The van der Waals surface area contributed by atoms with E-state index in [2.05, 4.69) is 10.3 Å². The summed E-state index contributed by atoms with van der Waals surface area (Å²) >= 11 is 1.34. The molecule has 1 N–H and O–H groups in total. The molecule has 6 nitrogen and oxygen atoms in total. The Morgan fingerprint density at radius 2 is 1.69 bits per heavy atom. The first-order chi connectivity index (χ1) is 16.8. The Morgan fingerprint density at radius 3 is 2.37 bits per heavy atom. The van der Waals surface area contributed by atoms with Gasteiger partial charge < -0.3 is 15.1 Å². The molecule has 0 unspecified atom stereocenters. The number of hydrogen-bond acceptors (Lipinski definition) is 5. The Balaban J connectivity index is 1.12. The number of carbonyl (C=O) groups is 2. The summed E-state index contributed by atoms with van der Waals surface area (Å²) < 4.78 is 39.0. The SMILES string of the molecule is O=C(c1ccc(-c2cccc(C(F)(F)F)c2)cc1)N1CC(N[C@H]2CCN(C(=O)c3nccs3)C2)C1. The molecule has 2 fully saturated rings. The molecule has 35 heavy (non-hydrogen) atoms. The average molecular weight is 501 g/mol. The van der Waals surface area contributed by atoms with Crippen molar-refractivity contribution in [1.29, 1.82) is 0 Å². The van der Waals surface area contributed by atoms with E-state index in [1.165, 1.54) is 17.4 Å². The molecule has 0 radical (unpaired) electrons. The van der Waals surface area contributed by atoms with Gasteiger partial charge in [0, 0.05) is 55.4 Å². The number of benzene rings is 2. The van der Waals surface area contributed by atoms with Crippen LogP contribution in [0.2, 0.25) is 0 Å². The highest BCUT2D eigenvalue weighted by Gasteiger charge is 2.35. The summed E-state index contributed by atoms with van der Waals surface area (Å²) in [5, 5.41) is 5.83. The molecule has 1 atom stereocenters. The number of rotatable bonds is 5. The number of carbonyl (C=O) groups excluding carboxylic acids is 2. The van der Waals surface area contributed by atoms with Crippen LogP contribution in [-0.4, -0.2) is 64.9 Å². The molecular weight excluding hydrogens is 477 g/mol. The van der Waals surface area contributed by atoms with Crippen LogP contribution in [0.15, 0.2) is 60.1 Å². The van der Waals surface area contributed by atoms with Gasteiger partial charge in [-0.05, 0) is 41.8 Å². The molecule has 2 amide bonds. The van der Waals surface area contributed by atoms with Gasteiger partial charge in [0.2, 0.25) is 0 Å². The lowest BCUT2D eigenvalue weighted by Gasteiger charge is -2.41. The fourth-order valence-corrected chi connectivity index (χ4v) is 5.09. The van der Waals surface area contributed by atoms with E-state index in [0.717, 1.165) is 18.6 Å². The third-order valence-electron chi connectivity index (χ3n) is 6.39. The van der Waals surface area contributed by atoms with Gasteiger partial charge in [0.25, 0.3) is 11.8 Å². The number of thiazole rings is 1. The van der Waals surface area contributed by atoms with Gasteiger partial charge in [0.1, 0.15) is 0 Å². The predicted molar refractivity (Wildman–Crippen MR) is 126 cm³/mol. The lowest BCUT2D eigenvalue weighted by molar-refractivity contribution is -0.137. The van der Waals surface area contributed by atoms with Crippen LogP contribution < -0.4 is 5.32 Å². The zero-order valence-corrected chi connectivity index (χ0v) is 19.5. The van der Waals surface area contributed by atoms with Crippen LogP contribution in [0.3, 0.4) is 0 Å². The third-order valence-corrected chi connectivity index (χ3v) is 7.15. The minimum atomic E-state index is -4.40. The highest BCUT2D eigenvalue weighted by atomic mass is 32.1. The summed E-state index contributed by atoms with van der Waals surface area (Å²) in [7, 11) is 0. The van der Waals surface area contributed by atoms with Gasteiger partial charge in [-0.15, -0.1) is 11.3 Å². The predicted octanol–water partition coefficient (Wildman–Crippen LogP) is 4.16. The lowest BCUT2D eigenvalue weighted by Crippen LogP contribution is -2.62. The molecule has 2 aliphatic rings. The molecule has 0 aliphatic carbocycles. The molecule has 0 bridgehead atoms. The highest BCUT2D eigenvalue weighted by molar-refractivity contribution is 7.11. The molecule has 10 heteroatoms. The molecular formula is C25H23F3N4O2S. The molecule has 3 aromatic rings. The van der Waals surface area contributed by atoms with Crippen molar-refractivity contribution in [3.8, 4) is 11.1 Å². The van der Waals surface area contributed by atoms with Crippen LogP contribution >= 0.6 is 11.3 Å². The largest absolute Gasteiger partial charge is 0.416 e. The minimum absolute atomic E-state index is 0.0386. The molecule has 1 aromatic heterocycles. The molecule has 5 rings (SSSR count). The van der Waals surface area contributed by atoms with E-state index in [-0.39, 0.29) is 23.9 Å². The maximum absolute atomic E-state index is 13.0. The summed E-state index contributed by atoms with van der Waals surface area (Å²) in [6.07, 6.45) is -1.91. The van der Waals surface area contributed by atoms with E-state index in [4.69, 9.17) is 0 Å². The molecule has 3 heterocycles. The van der Waals surface area contributed by atoms with Gasteiger partial charge in [-0.1, -0.05) is 24.3 Å². The van der Waals surface area contributed by atoms with Gasteiger partial charge in [0.15, 0.2) is 5.01 Å². The minimum Gasteiger partial charge on any atom is -0.335 e. The smallest absolute Gasteiger partial charge is 0.335 e. The first-order valence-corrected chi connectivity index (χ1v) is 12.2. The van der Waals surface area contributed by atoms with E-state index in [0.29, 0.717) is 47.9 Å². The summed E-state index contributed by atoms with van der Waals surface area (Å²) in [5.41, 5.74) is 0.868. The Bertz CT molecular complexity index is 1210. The zero-order valence-electron chi connectivity index (χ0n) is 18.7. The second-order valence-electron chi connectivity index (χ2n) is 8.80. The normalized spacial score (nSPS) is 18.5. The summed E-state index contributed by atoms with van der Waals surface area (Å²) in [4.78, 5) is 32.9. The van der Waals surface area contributed by atoms with Crippen molar-refractivity contribution >= 4 is 23.2 Å². The Morgan fingerprint density at radius 1 is 0.943 bits per heavy atom. The molecule has 182 valence electrons. The molecule has 0 spiro atoms. The fraction of sp³-hybridized carbons (Fsp3) is 0.320. The van der Waals surface area contributed by atoms with Crippen LogP contribution in [0.4, 0.5) is 13.2 Å². The fourth-order valence-electron chi connectivity index (χ4n) is 4.49. The monoisotopic (exact) mass is 500 g/mol. The van der Waals surface area contributed by atoms with Crippen molar-refractivity contribution in [1.82, 2.24) is 20.1 Å². The van der Waals surface area contributed by atoms with E-state index in [9.17, 15) is 22.8 Å². The summed E-state index contributed by atoms with van der Waals surface area (Å²) in [6, 6.07) is 12.1. The summed E-state index contributed by atoms with van der Waals surface area (Å²) in [6.45, 7) is 2.46. The molecule has 0 saturated carbocycles. The van der Waals surface area contributed by atoms with Gasteiger partial charge in [-0.25, -0.2) is 4.98 Å². The molecule has 2 aliphatic heterocycles. The van der Waals surface area contributed by atoms with Gasteiger partial charge in [0.05, 0.1) is 5.56 Å². The quantitative estimate of drug-likeness (QED) is 0.572. The number of nitrogens with one attached hydrogen (secondary N) is 1. The maximum atomic E-state index is 13.0. The van der Waals surface area contributed by atoms with Gasteiger partial charge in [-0.3, -0.25) is 9.59 Å². The first kappa shape index (κ1) is 23.5. The van der Waals surface area contributed by atoms with E-state index in [1.807, 2.05) is 4.90 Å². The number of amides is 2. The first-order valence-electron chi connectivity index (χ1n) is 11.3.